The molecule has 0 saturated heterocycles. The van der Waals surface area contributed by atoms with Gasteiger partial charge >= 0.3 is 11.6 Å². The number of hydrogen-bond acceptors (Lipinski definition) is 4. The van der Waals surface area contributed by atoms with Crippen molar-refractivity contribution in [1.29, 1.82) is 0 Å². The van der Waals surface area contributed by atoms with Crippen molar-refractivity contribution in [2.24, 2.45) is 0 Å². The minimum Gasteiger partial charge on any atom is -0.428 e. The third-order valence-corrected chi connectivity index (χ3v) is 3.54. The summed E-state index contributed by atoms with van der Waals surface area (Å²) in [5, 5.41) is 0.600. The van der Waals surface area contributed by atoms with Crippen LogP contribution in [0.25, 0.3) is 0 Å². The molecule has 1 aliphatic rings. The Morgan fingerprint density at radius 1 is 1.20 bits per heavy atom. The minimum atomic E-state index is -0.465. The van der Waals surface area contributed by atoms with Crippen LogP contribution in [0.3, 0.4) is 0 Å². The third kappa shape index (κ3) is 2.23. The lowest BCUT2D eigenvalue weighted by atomic mass is 9.87. The molecular formula is C15H11ClO4. The molecule has 3 rings (SSSR count). The van der Waals surface area contributed by atoms with Gasteiger partial charge in [-0.1, -0.05) is 23.7 Å². The van der Waals surface area contributed by atoms with Gasteiger partial charge in [0.2, 0.25) is 0 Å². The molecular weight excluding hydrogens is 280 g/mol. The number of halogens is 1. The largest absolute Gasteiger partial charge is 0.428 e. The molecule has 0 fully saturated rings. The zero-order valence-corrected chi connectivity index (χ0v) is 11.4. The molecule has 20 heavy (non-hydrogen) atoms. The highest BCUT2D eigenvalue weighted by Crippen LogP contribution is 2.37. The Hall–Kier alpha value is -2.07. The molecule has 0 radical (unpaired) electrons. The maximum Gasteiger partial charge on any atom is 0.343 e. The van der Waals surface area contributed by atoms with Gasteiger partial charge in [0.15, 0.2) is 0 Å². The fraction of sp³-hybridized carbons (Fsp3) is 0.200. The summed E-state index contributed by atoms with van der Waals surface area (Å²) in [6.45, 7) is 1.64. The van der Waals surface area contributed by atoms with Crippen molar-refractivity contribution in [2.45, 2.75) is 19.3 Å². The number of hydrogen-bond donors (Lipinski definition) is 0. The van der Waals surface area contributed by atoms with Crippen molar-refractivity contribution in [2.75, 3.05) is 0 Å². The van der Waals surface area contributed by atoms with E-state index in [0.29, 0.717) is 16.3 Å². The molecule has 5 heteroatoms. The van der Waals surface area contributed by atoms with Crippen LogP contribution in [0.15, 0.2) is 39.5 Å². The number of aryl methyl sites for hydroxylation is 1. The summed E-state index contributed by atoms with van der Waals surface area (Å²) in [6, 6.07) is 8.62. The predicted molar refractivity (Wildman–Crippen MR) is 73.3 cm³/mol. The number of ether oxygens (including phenoxy) is 1. The average molecular weight is 291 g/mol. The molecule has 102 valence electrons. The maximum absolute atomic E-state index is 12.1. The van der Waals surface area contributed by atoms with E-state index in [1.807, 2.05) is 0 Å². The molecule has 0 saturated carbocycles. The standard InChI is InChI=1S/C15H11ClO4/c1-8-6-12-14(15(18)19-8)11(7-13(17)20-12)9-2-4-10(16)5-3-9/h2-6,11H,7H2,1H3/t11-/m0/s1. The molecule has 0 amide bonds. The number of rotatable bonds is 1. The summed E-state index contributed by atoms with van der Waals surface area (Å²) in [5.41, 5.74) is 0.758. The molecule has 0 unspecified atom stereocenters. The Labute approximate surface area is 119 Å². The zero-order chi connectivity index (χ0) is 14.3. The fourth-order valence-corrected chi connectivity index (χ4v) is 2.53. The summed E-state index contributed by atoms with van der Waals surface area (Å²) in [6.07, 6.45) is 0.114. The molecule has 1 atom stereocenters. The molecule has 2 aromatic rings. The smallest absolute Gasteiger partial charge is 0.343 e. The number of benzene rings is 1. The van der Waals surface area contributed by atoms with Gasteiger partial charge in [-0.2, -0.15) is 0 Å². The average Bonchev–Trinajstić information content (AvgIpc) is 2.37. The summed E-state index contributed by atoms with van der Waals surface area (Å²) in [4.78, 5) is 23.8. The van der Waals surface area contributed by atoms with Crippen LogP contribution in [-0.4, -0.2) is 5.97 Å². The van der Waals surface area contributed by atoms with E-state index in [-0.39, 0.29) is 24.1 Å². The molecule has 1 aromatic carbocycles. The van der Waals surface area contributed by atoms with Crippen molar-refractivity contribution in [3.63, 3.8) is 0 Å². The Kier molecular flexibility index (Phi) is 3.10. The van der Waals surface area contributed by atoms with E-state index in [1.165, 1.54) is 0 Å². The molecule has 4 nitrogen and oxygen atoms in total. The first-order chi connectivity index (χ1) is 9.54. The van der Waals surface area contributed by atoms with E-state index >= 15 is 0 Å². The van der Waals surface area contributed by atoms with Crippen LogP contribution in [0, 0.1) is 6.92 Å². The number of carbonyl (C=O) groups excluding carboxylic acids is 1. The second-order valence-corrected chi connectivity index (χ2v) is 5.14. The van der Waals surface area contributed by atoms with Crippen LogP contribution in [0.5, 0.6) is 5.75 Å². The van der Waals surface area contributed by atoms with Crippen LogP contribution < -0.4 is 10.4 Å². The van der Waals surface area contributed by atoms with Crippen LogP contribution in [-0.2, 0) is 4.79 Å². The molecule has 0 aliphatic carbocycles. The molecule has 1 aliphatic heterocycles. The van der Waals surface area contributed by atoms with Gasteiger partial charge in [0.25, 0.3) is 0 Å². The summed E-state index contributed by atoms with van der Waals surface area (Å²) in [7, 11) is 0. The highest BCUT2D eigenvalue weighted by Gasteiger charge is 2.32. The van der Waals surface area contributed by atoms with E-state index in [4.69, 9.17) is 20.8 Å². The highest BCUT2D eigenvalue weighted by molar-refractivity contribution is 6.30. The number of esters is 1. The highest BCUT2D eigenvalue weighted by atomic mass is 35.5. The van der Waals surface area contributed by atoms with E-state index in [2.05, 4.69) is 0 Å². The maximum atomic E-state index is 12.1. The van der Waals surface area contributed by atoms with Gasteiger partial charge in [-0.3, -0.25) is 4.79 Å². The van der Waals surface area contributed by atoms with Gasteiger partial charge in [-0.15, -0.1) is 0 Å². The summed E-state index contributed by atoms with van der Waals surface area (Å²) < 4.78 is 10.3. The predicted octanol–water partition coefficient (Wildman–Crippen LogP) is 3.04. The van der Waals surface area contributed by atoms with Crippen molar-refractivity contribution in [1.82, 2.24) is 0 Å². The van der Waals surface area contributed by atoms with Gasteiger partial charge in [-0.05, 0) is 24.6 Å². The van der Waals surface area contributed by atoms with Gasteiger partial charge in [0, 0.05) is 17.0 Å². The Balaban J connectivity index is 2.17. The molecule has 0 N–H and O–H groups in total. The normalized spacial score (nSPS) is 17.5. The monoisotopic (exact) mass is 290 g/mol. The topological polar surface area (TPSA) is 56.5 Å². The molecule has 0 bridgehead atoms. The quantitative estimate of drug-likeness (QED) is 0.758. The SMILES string of the molecule is Cc1cc2c(c(=O)o1)[C@H](c1ccc(Cl)cc1)CC(=O)O2. The first-order valence-corrected chi connectivity index (χ1v) is 6.53. The van der Waals surface area contributed by atoms with Crippen molar-refractivity contribution < 1.29 is 13.9 Å². The van der Waals surface area contributed by atoms with Crippen molar-refractivity contribution in [3.05, 3.63) is 62.7 Å². The summed E-state index contributed by atoms with van der Waals surface area (Å²) in [5.74, 6) is -0.0175. The first-order valence-electron chi connectivity index (χ1n) is 6.15. The van der Waals surface area contributed by atoms with E-state index in [0.717, 1.165) is 5.56 Å². The third-order valence-electron chi connectivity index (χ3n) is 3.29. The van der Waals surface area contributed by atoms with Crippen molar-refractivity contribution in [3.8, 4) is 5.75 Å². The first kappa shape index (κ1) is 12.9. The van der Waals surface area contributed by atoms with Crippen LogP contribution in [0.1, 0.15) is 29.2 Å². The molecule has 1 aromatic heterocycles. The van der Waals surface area contributed by atoms with Crippen LogP contribution in [0.4, 0.5) is 0 Å². The molecule has 2 heterocycles. The molecule has 0 spiro atoms. The lowest BCUT2D eigenvalue weighted by Gasteiger charge is -2.23. The van der Waals surface area contributed by atoms with Gasteiger partial charge < -0.3 is 9.15 Å². The second-order valence-electron chi connectivity index (χ2n) is 4.70. The summed E-state index contributed by atoms with van der Waals surface area (Å²) >= 11 is 5.86. The van der Waals surface area contributed by atoms with Gasteiger partial charge in [-0.25, -0.2) is 4.79 Å². The zero-order valence-electron chi connectivity index (χ0n) is 10.7. The van der Waals surface area contributed by atoms with Gasteiger partial charge in [0.1, 0.15) is 11.5 Å². The van der Waals surface area contributed by atoms with Crippen LogP contribution >= 0.6 is 11.6 Å². The fourth-order valence-electron chi connectivity index (χ4n) is 2.40. The van der Waals surface area contributed by atoms with E-state index in [1.54, 1.807) is 37.3 Å². The Morgan fingerprint density at radius 2 is 1.90 bits per heavy atom. The van der Waals surface area contributed by atoms with E-state index in [9.17, 15) is 9.59 Å². The Morgan fingerprint density at radius 3 is 2.60 bits per heavy atom. The van der Waals surface area contributed by atoms with Crippen LogP contribution in [0.2, 0.25) is 5.02 Å². The second kappa shape index (κ2) is 4.80. The van der Waals surface area contributed by atoms with Gasteiger partial charge in [0.05, 0.1) is 12.0 Å². The lowest BCUT2D eigenvalue weighted by molar-refractivity contribution is -0.135. The van der Waals surface area contributed by atoms with Crippen molar-refractivity contribution >= 4 is 17.6 Å². The number of fused-ring (bicyclic) bond motifs is 1. The Bertz CT molecular complexity index is 731. The lowest BCUT2D eigenvalue weighted by Crippen LogP contribution is -2.26. The van der Waals surface area contributed by atoms with E-state index < -0.39 is 5.63 Å². The minimum absolute atomic E-state index is 0.114. The number of carbonyl (C=O) groups is 1.